The molecule has 0 saturated carbocycles. The minimum absolute atomic E-state index is 0.128. The smallest absolute Gasteiger partial charge is 0.148 e. The number of aryl methyl sites for hydroxylation is 1. The average Bonchev–Trinajstić information content (AvgIpc) is 2.74. The van der Waals surface area contributed by atoms with Gasteiger partial charge in [0, 0.05) is 6.04 Å². The summed E-state index contributed by atoms with van der Waals surface area (Å²) in [7, 11) is 0. The Hall–Kier alpha value is -1.29. The molecule has 1 aromatic rings. The Morgan fingerprint density at radius 2 is 2.06 bits per heavy atom. The molecule has 4 heteroatoms. The van der Waals surface area contributed by atoms with E-state index in [1.807, 2.05) is 6.92 Å². The highest BCUT2D eigenvalue weighted by molar-refractivity contribution is 5.76. The van der Waals surface area contributed by atoms with Gasteiger partial charge in [-0.25, -0.2) is 4.39 Å². The first kappa shape index (κ1) is 10.8. The van der Waals surface area contributed by atoms with Crippen LogP contribution in [0.4, 0.5) is 15.8 Å². The van der Waals surface area contributed by atoms with Gasteiger partial charge in [0.25, 0.3) is 0 Å². The van der Waals surface area contributed by atoms with Crippen LogP contribution in [0, 0.1) is 12.7 Å². The summed E-state index contributed by atoms with van der Waals surface area (Å²) in [4.78, 5) is 2.31. The van der Waals surface area contributed by atoms with Crippen molar-refractivity contribution in [3.63, 3.8) is 0 Å². The van der Waals surface area contributed by atoms with Crippen molar-refractivity contribution in [3.8, 4) is 0 Å². The minimum Gasteiger partial charge on any atom is -0.364 e. The maximum Gasteiger partial charge on any atom is 0.148 e. The quantitative estimate of drug-likeness (QED) is 0.780. The van der Waals surface area contributed by atoms with Crippen LogP contribution in [0.1, 0.15) is 18.4 Å². The van der Waals surface area contributed by atoms with Crippen molar-refractivity contribution in [2.24, 2.45) is 0 Å². The lowest BCUT2D eigenvalue weighted by molar-refractivity contribution is 0.438. The van der Waals surface area contributed by atoms with Crippen LogP contribution in [0.3, 0.4) is 0 Å². The SMILES string of the molecule is Cc1cc(F)c2c(c1)N(C1CCNCC1)CN2. The van der Waals surface area contributed by atoms with Gasteiger partial charge in [-0.1, -0.05) is 0 Å². The summed E-state index contributed by atoms with van der Waals surface area (Å²) < 4.78 is 13.8. The first-order valence-electron chi connectivity index (χ1n) is 6.27. The van der Waals surface area contributed by atoms with Gasteiger partial charge in [-0.05, 0) is 50.6 Å². The van der Waals surface area contributed by atoms with Crippen LogP contribution in [-0.2, 0) is 0 Å². The molecule has 2 aliphatic rings. The van der Waals surface area contributed by atoms with Crippen LogP contribution in [0.5, 0.6) is 0 Å². The monoisotopic (exact) mass is 235 g/mol. The van der Waals surface area contributed by atoms with E-state index in [2.05, 4.69) is 21.6 Å². The van der Waals surface area contributed by atoms with E-state index in [1.54, 1.807) is 6.07 Å². The van der Waals surface area contributed by atoms with E-state index in [0.717, 1.165) is 43.9 Å². The average molecular weight is 235 g/mol. The Balaban J connectivity index is 1.92. The van der Waals surface area contributed by atoms with Crippen molar-refractivity contribution >= 4 is 11.4 Å². The number of nitrogens with zero attached hydrogens (tertiary/aromatic N) is 1. The molecule has 1 aromatic carbocycles. The van der Waals surface area contributed by atoms with Gasteiger partial charge < -0.3 is 15.5 Å². The topological polar surface area (TPSA) is 27.3 Å². The van der Waals surface area contributed by atoms with E-state index in [4.69, 9.17) is 0 Å². The molecular formula is C13H18FN3. The fourth-order valence-electron chi connectivity index (χ4n) is 2.82. The maximum absolute atomic E-state index is 13.8. The molecule has 3 rings (SSSR count). The van der Waals surface area contributed by atoms with E-state index >= 15 is 0 Å². The predicted octanol–water partition coefficient (Wildman–Crippen LogP) is 2.08. The Kier molecular flexibility index (Phi) is 2.67. The molecule has 2 N–H and O–H groups in total. The highest BCUT2D eigenvalue weighted by atomic mass is 19.1. The molecule has 92 valence electrons. The molecule has 0 spiro atoms. The molecule has 0 unspecified atom stereocenters. The third-order valence-electron chi connectivity index (χ3n) is 3.70. The molecule has 1 fully saturated rings. The molecule has 2 heterocycles. The van der Waals surface area contributed by atoms with E-state index in [1.165, 1.54) is 0 Å². The molecule has 3 nitrogen and oxygen atoms in total. The van der Waals surface area contributed by atoms with Gasteiger partial charge in [-0.3, -0.25) is 0 Å². The molecule has 0 aliphatic carbocycles. The van der Waals surface area contributed by atoms with Crippen LogP contribution in [-0.4, -0.2) is 25.8 Å². The molecule has 2 aliphatic heterocycles. The molecular weight excluding hydrogens is 217 g/mol. The number of hydrogen-bond acceptors (Lipinski definition) is 3. The first-order chi connectivity index (χ1) is 8.25. The van der Waals surface area contributed by atoms with E-state index in [0.29, 0.717) is 11.7 Å². The number of nitrogens with one attached hydrogen (secondary N) is 2. The van der Waals surface area contributed by atoms with E-state index < -0.39 is 0 Å². The lowest BCUT2D eigenvalue weighted by atomic mass is 10.0. The summed E-state index contributed by atoms with van der Waals surface area (Å²) in [5.74, 6) is -0.128. The molecule has 0 aromatic heterocycles. The molecule has 0 amide bonds. The lowest BCUT2D eigenvalue weighted by Gasteiger charge is -2.32. The fourth-order valence-corrected chi connectivity index (χ4v) is 2.82. The van der Waals surface area contributed by atoms with Crippen molar-refractivity contribution in [3.05, 3.63) is 23.5 Å². The van der Waals surface area contributed by atoms with Crippen molar-refractivity contribution in [2.75, 3.05) is 30.0 Å². The largest absolute Gasteiger partial charge is 0.364 e. The highest BCUT2D eigenvalue weighted by Crippen LogP contribution is 2.37. The summed E-state index contributed by atoms with van der Waals surface area (Å²) in [6, 6.07) is 4.21. The van der Waals surface area contributed by atoms with Crippen molar-refractivity contribution in [1.29, 1.82) is 0 Å². The second-order valence-corrected chi connectivity index (χ2v) is 4.93. The molecule has 0 atom stereocenters. The Bertz CT molecular complexity index is 427. The summed E-state index contributed by atoms with van der Waals surface area (Å²) in [5.41, 5.74) is 2.70. The van der Waals surface area contributed by atoms with E-state index in [9.17, 15) is 4.39 Å². The van der Waals surface area contributed by atoms with Gasteiger partial charge in [0.2, 0.25) is 0 Å². The zero-order chi connectivity index (χ0) is 11.8. The minimum atomic E-state index is -0.128. The van der Waals surface area contributed by atoms with Crippen LogP contribution in [0.15, 0.2) is 12.1 Å². The number of fused-ring (bicyclic) bond motifs is 1. The number of piperidine rings is 1. The Morgan fingerprint density at radius 3 is 2.82 bits per heavy atom. The second-order valence-electron chi connectivity index (χ2n) is 4.93. The standard InChI is InChI=1S/C13H18FN3/c1-9-6-11(14)13-12(7-9)17(8-16-13)10-2-4-15-5-3-10/h6-7,10,15-16H,2-5,8H2,1H3. The lowest BCUT2D eigenvalue weighted by Crippen LogP contribution is -2.43. The number of halogens is 1. The van der Waals surface area contributed by atoms with Crippen molar-refractivity contribution in [1.82, 2.24) is 5.32 Å². The van der Waals surface area contributed by atoms with Gasteiger partial charge in [0.1, 0.15) is 5.82 Å². The molecule has 1 saturated heterocycles. The van der Waals surface area contributed by atoms with Gasteiger partial charge in [0.05, 0.1) is 18.0 Å². The van der Waals surface area contributed by atoms with Gasteiger partial charge in [-0.2, -0.15) is 0 Å². The zero-order valence-electron chi connectivity index (χ0n) is 10.1. The Labute approximate surface area is 101 Å². The number of rotatable bonds is 1. The maximum atomic E-state index is 13.8. The van der Waals surface area contributed by atoms with Crippen molar-refractivity contribution < 1.29 is 4.39 Å². The summed E-state index contributed by atoms with van der Waals surface area (Å²) in [5, 5.41) is 6.54. The third kappa shape index (κ3) is 1.86. The first-order valence-corrected chi connectivity index (χ1v) is 6.27. The van der Waals surface area contributed by atoms with Gasteiger partial charge in [-0.15, -0.1) is 0 Å². The third-order valence-corrected chi connectivity index (χ3v) is 3.70. The van der Waals surface area contributed by atoms with Gasteiger partial charge >= 0.3 is 0 Å². The highest BCUT2D eigenvalue weighted by Gasteiger charge is 2.28. The zero-order valence-corrected chi connectivity index (χ0v) is 10.1. The summed E-state index contributed by atoms with van der Waals surface area (Å²) >= 11 is 0. The normalized spacial score (nSPS) is 20.2. The Morgan fingerprint density at radius 1 is 1.29 bits per heavy atom. The number of anilines is 2. The van der Waals surface area contributed by atoms with Crippen molar-refractivity contribution in [2.45, 2.75) is 25.8 Å². The van der Waals surface area contributed by atoms with Crippen LogP contribution >= 0.6 is 0 Å². The van der Waals surface area contributed by atoms with Crippen LogP contribution < -0.4 is 15.5 Å². The summed E-state index contributed by atoms with van der Waals surface area (Å²) in [6.45, 7) is 4.80. The predicted molar refractivity (Wildman–Crippen MR) is 68.0 cm³/mol. The molecule has 17 heavy (non-hydrogen) atoms. The fraction of sp³-hybridized carbons (Fsp3) is 0.538. The van der Waals surface area contributed by atoms with Crippen LogP contribution in [0.25, 0.3) is 0 Å². The van der Waals surface area contributed by atoms with Gasteiger partial charge in [0.15, 0.2) is 0 Å². The number of benzene rings is 1. The number of hydrogen-bond donors (Lipinski definition) is 2. The van der Waals surface area contributed by atoms with E-state index in [-0.39, 0.29) is 5.82 Å². The molecule has 0 radical (unpaired) electrons. The van der Waals surface area contributed by atoms with Crippen LogP contribution in [0.2, 0.25) is 0 Å². The molecule has 0 bridgehead atoms. The summed E-state index contributed by atoms with van der Waals surface area (Å²) in [6.07, 6.45) is 2.27. The second kappa shape index (κ2) is 4.18.